The summed E-state index contributed by atoms with van der Waals surface area (Å²) in [6.07, 6.45) is 0.885. The van der Waals surface area contributed by atoms with Crippen LogP contribution in [0, 0.1) is 6.92 Å². The number of phenols is 1. The molecule has 20 heavy (non-hydrogen) atoms. The average molecular weight is 399 g/mol. The van der Waals surface area contributed by atoms with Crippen LogP contribution >= 0.6 is 31.9 Å². The lowest BCUT2D eigenvalue weighted by Gasteiger charge is -2.21. The van der Waals surface area contributed by atoms with Gasteiger partial charge in [-0.1, -0.05) is 44.8 Å². The minimum absolute atomic E-state index is 0.0699. The number of halogens is 2. The Bertz CT molecular complexity index is 613. The second-order valence-corrected chi connectivity index (χ2v) is 6.49. The summed E-state index contributed by atoms with van der Waals surface area (Å²) in [7, 11) is 0. The predicted octanol–water partition coefficient (Wildman–Crippen LogP) is 5.79. The Labute approximate surface area is 136 Å². The molecule has 2 rings (SSSR count). The standard InChI is InChI=1S/C16H17Br2NO/c1-3-14(12-9-11(17)7-8-16(12)20)19-15-6-4-5-13(18)10(15)2/h4-9,14,19-20H,3H2,1-2H3. The van der Waals surface area contributed by atoms with Gasteiger partial charge in [0.05, 0.1) is 6.04 Å². The first-order chi connectivity index (χ1) is 9.52. The zero-order chi connectivity index (χ0) is 14.7. The molecule has 1 atom stereocenters. The predicted molar refractivity (Wildman–Crippen MR) is 91.3 cm³/mol. The molecule has 0 aliphatic heterocycles. The Hall–Kier alpha value is -1.00. The van der Waals surface area contributed by atoms with Crippen molar-refractivity contribution in [2.75, 3.05) is 5.32 Å². The highest BCUT2D eigenvalue weighted by Gasteiger charge is 2.15. The summed E-state index contributed by atoms with van der Waals surface area (Å²) in [4.78, 5) is 0. The van der Waals surface area contributed by atoms with Crippen molar-refractivity contribution >= 4 is 37.5 Å². The van der Waals surface area contributed by atoms with Crippen LogP contribution in [0.4, 0.5) is 5.69 Å². The minimum atomic E-state index is 0.0699. The Morgan fingerprint density at radius 1 is 1.20 bits per heavy atom. The zero-order valence-corrected chi connectivity index (χ0v) is 14.6. The van der Waals surface area contributed by atoms with E-state index in [9.17, 15) is 5.11 Å². The van der Waals surface area contributed by atoms with E-state index in [2.05, 4.69) is 57.1 Å². The lowest BCUT2D eigenvalue weighted by atomic mass is 10.0. The zero-order valence-electron chi connectivity index (χ0n) is 11.5. The van der Waals surface area contributed by atoms with Crippen LogP contribution in [-0.2, 0) is 0 Å². The first-order valence-electron chi connectivity index (χ1n) is 6.53. The van der Waals surface area contributed by atoms with E-state index in [-0.39, 0.29) is 6.04 Å². The van der Waals surface area contributed by atoms with E-state index in [1.165, 1.54) is 5.56 Å². The third-order valence-corrected chi connectivity index (χ3v) is 4.72. The topological polar surface area (TPSA) is 32.3 Å². The number of aromatic hydroxyl groups is 1. The van der Waals surface area contributed by atoms with Crippen molar-refractivity contribution in [2.45, 2.75) is 26.3 Å². The minimum Gasteiger partial charge on any atom is -0.508 e. The summed E-state index contributed by atoms with van der Waals surface area (Å²) < 4.78 is 2.05. The average Bonchev–Trinajstić information content (AvgIpc) is 2.43. The van der Waals surface area contributed by atoms with Crippen LogP contribution < -0.4 is 5.32 Å². The van der Waals surface area contributed by atoms with Crippen LogP contribution in [0.25, 0.3) is 0 Å². The van der Waals surface area contributed by atoms with Crippen molar-refractivity contribution in [1.29, 1.82) is 0 Å². The molecule has 0 radical (unpaired) electrons. The molecule has 0 heterocycles. The Kier molecular flexibility index (Phi) is 5.11. The SMILES string of the molecule is CCC(Nc1cccc(Br)c1C)c1cc(Br)ccc1O. The lowest BCUT2D eigenvalue weighted by molar-refractivity contribution is 0.462. The molecular weight excluding hydrogens is 382 g/mol. The van der Waals surface area contributed by atoms with Crippen LogP contribution in [0.1, 0.15) is 30.5 Å². The fourth-order valence-corrected chi connectivity index (χ4v) is 2.90. The molecule has 2 nitrogen and oxygen atoms in total. The van der Waals surface area contributed by atoms with Crippen molar-refractivity contribution in [3.05, 3.63) is 56.5 Å². The van der Waals surface area contributed by atoms with Gasteiger partial charge >= 0.3 is 0 Å². The molecule has 0 bridgehead atoms. The molecule has 2 aromatic carbocycles. The summed E-state index contributed by atoms with van der Waals surface area (Å²) in [5.74, 6) is 0.320. The summed E-state index contributed by atoms with van der Waals surface area (Å²) >= 11 is 7.00. The highest BCUT2D eigenvalue weighted by molar-refractivity contribution is 9.10. The fourth-order valence-electron chi connectivity index (χ4n) is 2.16. The molecule has 4 heteroatoms. The molecule has 0 aliphatic carbocycles. The third-order valence-electron chi connectivity index (χ3n) is 3.37. The molecule has 106 valence electrons. The highest BCUT2D eigenvalue weighted by Crippen LogP contribution is 2.33. The van der Waals surface area contributed by atoms with Crippen LogP contribution in [0.3, 0.4) is 0 Å². The van der Waals surface area contributed by atoms with E-state index < -0.39 is 0 Å². The van der Waals surface area contributed by atoms with Crippen molar-refractivity contribution in [1.82, 2.24) is 0 Å². The first kappa shape index (κ1) is 15.4. The van der Waals surface area contributed by atoms with Gasteiger partial charge in [-0.15, -0.1) is 0 Å². The Morgan fingerprint density at radius 2 is 1.95 bits per heavy atom. The summed E-state index contributed by atoms with van der Waals surface area (Å²) in [5, 5.41) is 13.6. The van der Waals surface area contributed by atoms with Gasteiger partial charge in [-0.25, -0.2) is 0 Å². The molecule has 0 fully saturated rings. The molecule has 0 saturated heterocycles. The van der Waals surface area contributed by atoms with Crippen LogP contribution in [-0.4, -0.2) is 5.11 Å². The fraction of sp³-hybridized carbons (Fsp3) is 0.250. The summed E-state index contributed by atoms with van der Waals surface area (Å²) in [5.41, 5.74) is 3.15. The van der Waals surface area contributed by atoms with E-state index in [4.69, 9.17) is 0 Å². The second-order valence-electron chi connectivity index (χ2n) is 4.72. The van der Waals surface area contributed by atoms with Crippen molar-refractivity contribution < 1.29 is 5.11 Å². The number of rotatable bonds is 4. The smallest absolute Gasteiger partial charge is 0.120 e. The second kappa shape index (κ2) is 6.64. The Balaban J connectivity index is 2.34. The number of benzene rings is 2. The largest absolute Gasteiger partial charge is 0.508 e. The highest BCUT2D eigenvalue weighted by atomic mass is 79.9. The monoisotopic (exact) mass is 397 g/mol. The third kappa shape index (κ3) is 3.36. The number of hydrogen-bond acceptors (Lipinski definition) is 2. The maximum Gasteiger partial charge on any atom is 0.120 e. The van der Waals surface area contributed by atoms with Gasteiger partial charge in [0.2, 0.25) is 0 Å². The lowest BCUT2D eigenvalue weighted by Crippen LogP contribution is -2.11. The molecule has 1 unspecified atom stereocenters. The normalized spacial score (nSPS) is 12.2. The van der Waals surface area contributed by atoms with E-state index in [0.717, 1.165) is 26.6 Å². The van der Waals surface area contributed by atoms with Gasteiger partial charge in [0.25, 0.3) is 0 Å². The van der Waals surface area contributed by atoms with Gasteiger partial charge < -0.3 is 10.4 Å². The van der Waals surface area contributed by atoms with Crippen molar-refractivity contribution in [3.8, 4) is 5.75 Å². The maximum atomic E-state index is 10.1. The molecule has 0 spiro atoms. The van der Waals surface area contributed by atoms with Gasteiger partial charge in [0.1, 0.15) is 5.75 Å². The van der Waals surface area contributed by atoms with Gasteiger partial charge in [-0.3, -0.25) is 0 Å². The summed E-state index contributed by atoms with van der Waals surface area (Å²) in [6.45, 7) is 4.17. The molecular formula is C16H17Br2NO. The van der Waals surface area contributed by atoms with E-state index in [1.807, 2.05) is 24.3 Å². The van der Waals surface area contributed by atoms with Crippen LogP contribution in [0.2, 0.25) is 0 Å². The van der Waals surface area contributed by atoms with Crippen LogP contribution in [0.5, 0.6) is 5.75 Å². The number of phenolic OH excluding ortho intramolecular Hbond substituents is 1. The van der Waals surface area contributed by atoms with Gasteiger partial charge in [-0.05, 0) is 49.2 Å². The molecule has 0 aromatic heterocycles. The molecule has 0 amide bonds. The molecule has 2 N–H and O–H groups in total. The maximum absolute atomic E-state index is 10.1. The van der Waals surface area contributed by atoms with Crippen LogP contribution in [0.15, 0.2) is 45.3 Å². The summed E-state index contributed by atoms with van der Waals surface area (Å²) in [6, 6.07) is 11.7. The van der Waals surface area contributed by atoms with E-state index >= 15 is 0 Å². The van der Waals surface area contributed by atoms with Crippen molar-refractivity contribution in [3.63, 3.8) is 0 Å². The number of anilines is 1. The number of nitrogens with one attached hydrogen (secondary N) is 1. The molecule has 2 aromatic rings. The van der Waals surface area contributed by atoms with E-state index in [1.54, 1.807) is 6.07 Å². The quantitative estimate of drug-likeness (QED) is 0.683. The van der Waals surface area contributed by atoms with Gasteiger partial charge in [0.15, 0.2) is 0 Å². The van der Waals surface area contributed by atoms with Gasteiger partial charge in [0, 0.05) is 20.2 Å². The van der Waals surface area contributed by atoms with Gasteiger partial charge in [-0.2, -0.15) is 0 Å². The van der Waals surface area contributed by atoms with E-state index in [0.29, 0.717) is 5.75 Å². The number of hydrogen-bond donors (Lipinski definition) is 2. The Morgan fingerprint density at radius 3 is 2.65 bits per heavy atom. The first-order valence-corrected chi connectivity index (χ1v) is 8.11. The molecule has 0 aliphatic rings. The van der Waals surface area contributed by atoms with Crippen molar-refractivity contribution in [2.24, 2.45) is 0 Å². The molecule has 0 saturated carbocycles.